The number of hydrogen-bond acceptors (Lipinski definition) is 7. The predicted molar refractivity (Wildman–Crippen MR) is 79.1 cm³/mol. The maximum atomic E-state index is 12.2. The Kier molecular flexibility index (Phi) is 4.21. The van der Waals surface area contributed by atoms with E-state index in [4.69, 9.17) is 5.84 Å². The van der Waals surface area contributed by atoms with Gasteiger partial charge in [-0.2, -0.15) is 0 Å². The fourth-order valence-corrected chi connectivity index (χ4v) is 3.78. The lowest BCUT2D eigenvalue weighted by Crippen LogP contribution is -2.14. The van der Waals surface area contributed by atoms with Gasteiger partial charge in [-0.3, -0.25) is 4.72 Å². The summed E-state index contributed by atoms with van der Waals surface area (Å²) in [5.74, 6) is 5.49. The monoisotopic (exact) mass is 313 g/mol. The van der Waals surface area contributed by atoms with Crippen molar-refractivity contribution in [1.29, 1.82) is 0 Å². The number of rotatable bonds is 5. The van der Waals surface area contributed by atoms with Crippen molar-refractivity contribution in [3.05, 3.63) is 28.9 Å². The predicted octanol–water partition coefficient (Wildman–Crippen LogP) is 1.50. The normalized spacial score (nSPS) is 11.3. The van der Waals surface area contributed by atoms with Crippen molar-refractivity contribution in [2.75, 3.05) is 10.1 Å². The number of aryl methyl sites for hydroxylation is 2. The number of nitrogens with zero attached hydrogens (tertiary/aromatic N) is 2. The Morgan fingerprint density at radius 1 is 1.45 bits per heavy atom. The largest absolute Gasteiger partial charge is 0.308 e. The van der Waals surface area contributed by atoms with Crippen LogP contribution in [0.5, 0.6) is 0 Å². The lowest BCUT2D eigenvalue weighted by Gasteiger charge is -2.06. The highest BCUT2D eigenvalue weighted by Gasteiger charge is 2.17. The molecule has 0 unspecified atom stereocenters. The molecule has 0 atom stereocenters. The number of thiazole rings is 1. The molecular formula is C11H15N5O2S2. The van der Waals surface area contributed by atoms with E-state index in [0.29, 0.717) is 5.13 Å². The Bertz CT molecular complexity index is 711. The lowest BCUT2D eigenvalue weighted by molar-refractivity contribution is 0.601. The number of nitrogens with one attached hydrogen (secondary N) is 2. The van der Waals surface area contributed by atoms with E-state index in [1.54, 1.807) is 0 Å². The molecule has 7 nitrogen and oxygen atoms in total. The fourth-order valence-electron chi connectivity index (χ4n) is 1.63. The Hall–Kier alpha value is -1.71. The number of nitrogens with two attached hydrogens (primary N) is 1. The highest BCUT2D eigenvalue weighted by atomic mass is 32.2. The number of hydrazine groups is 1. The van der Waals surface area contributed by atoms with Crippen LogP contribution in [0.2, 0.25) is 0 Å². The Morgan fingerprint density at radius 2 is 2.20 bits per heavy atom. The van der Waals surface area contributed by atoms with Crippen LogP contribution in [0.25, 0.3) is 0 Å². The first-order chi connectivity index (χ1) is 9.46. The zero-order valence-corrected chi connectivity index (χ0v) is 12.7. The van der Waals surface area contributed by atoms with Crippen molar-refractivity contribution in [2.24, 2.45) is 5.84 Å². The summed E-state index contributed by atoms with van der Waals surface area (Å²) in [6, 6.07) is 2.74. The summed E-state index contributed by atoms with van der Waals surface area (Å²) in [6.07, 6.45) is 2.13. The van der Waals surface area contributed by atoms with E-state index in [1.807, 2.05) is 13.8 Å². The van der Waals surface area contributed by atoms with E-state index in [2.05, 4.69) is 20.1 Å². The van der Waals surface area contributed by atoms with Gasteiger partial charge in [-0.05, 0) is 19.4 Å². The Labute approximate surface area is 121 Å². The van der Waals surface area contributed by atoms with Crippen molar-refractivity contribution in [2.45, 2.75) is 25.2 Å². The van der Waals surface area contributed by atoms with E-state index < -0.39 is 10.0 Å². The van der Waals surface area contributed by atoms with Gasteiger partial charge in [-0.15, -0.1) is 11.3 Å². The van der Waals surface area contributed by atoms with Crippen LogP contribution in [-0.4, -0.2) is 18.4 Å². The van der Waals surface area contributed by atoms with Gasteiger partial charge in [-0.1, -0.05) is 6.92 Å². The molecule has 2 rings (SSSR count). The van der Waals surface area contributed by atoms with Gasteiger partial charge in [0.1, 0.15) is 5.82 Å². The summed E-state index contributed by atoms with van der Waals surface area (Å²) >= 11 is 1.31. The minimum atomic E-state index is -3.70. The average Bonchev–Trinajstić information content (AvgIpc) is 2.78. The summed E-state index contributed by atoms with van der Waals surface area (Å²) < 4.78 is 26.9. The second kappa shape index (κ2) is 5.73. The number of aromatic nitrogens is 2. The van der Waals surface area contributed by atoms with Crippen LogP contribution in [0.15, 0.2) is 23.2 Å². The molecule has 0 spiro atoms. The van der Waals surface area contributed by atoms with Gasteiger partial charge in [0.05, 0.1) is 10.6 Å². The zero-order chi connectivity index (χ0) is 14.8. The van der Waals surface area contributed by atoms with Crippen molar-refractivity contribution in [3.8, 4) is 0 Å². The number of sulfonamides is 1. The molecule has 20 heavy (non-hydrogen) atoms. The summed E-state index contributed by atoms with van der Waals surface area (Å²) in [5.41, 5.74) is 3.20. The van der Waals surface area contributed by atoms with Crippen LogP contribution in [0, 0.1) is 6.92 Å². The van der Waals surface area contributed by atoms with E-state index in [-0.39, 0.29) is 10.7 Å². The van der Waals surface area contributed by atoms with Gasteiger partial charge in [0.2, 0.25) is 0 Å². The molecule has 0 aromatic carbocycles. The van der Waals surface area contributed by atoms with Gasteiger partial charge in [-0.25, -0.2) is 24.2 Å². The molecule has 0 fully saturated rings. The summed E-state index contributed by atoms with van der Waals surface area (Å²) in [4.78, 5) is 9.20. The molecule has 0 aliphatic heterocycles. The van der Waals surface area contributed by atoms with E-state index in [0.717, 1.165) is 17.0 Å². The third kappa shape index (κ3) is 3.06. The highest BCUT2D eigenvalue weighted by Crippen LogP contribution is 2.25. The molecule has 0 saturated heterocycles. The van der Waals surface area contributed by atoms with Crippen LogP contribution in [0.1, 0.15) is 17.5 Å². The third-order valence-electron chi connectivity index (χ3n) is 2.64. The van der Waals surface area contributed by atoms with Gasteiger partial charge in [0.25, 0.3) is 10.0 Å². The summed E-state index contributed by atoms with van der Waals surface area (Å²) in [7, 11) is -3.70. The Morgan fingerprint density at radius 3 is 2.80 bits per heavy atom. The Balaban J connectivity index is 2.30. The third-order valence-corrected chi connectivity index (χ3v) is 5.03. The summed E-state index contributed by atoms with van der Waals surface area (Å²) in [5, 5.41) is 0.360. The maximum absolute atomic E-state index is 12.2. The smallest absolute Gasteiger partial charge is 0.263 e. The van der Waals surface area contributed by atoms with E-state index >= 15 is 0 Å². The molecule has 0 amide bonds. The van der Waals surface area contributed by atoms with Crippen LogP contribution in [-0.2, 0) is 16.4 Å². The molecule has 0 saturated carbocycles. The van der Waals surface area contributed by atoms with Crippen LogP contribution in [0.3, 0.4) is 0 Å². The average molecular weight is 313 g/mol. The zero-order valence-electron chi connectivity index (χ0n) is 11.0. The lowest BCUT2D eigenvalue weighted by atomic mass is 10.3. The highest BCUT2D eigenvalue weighted by molar-refractivity contribution is 7.93. The molecule has 4 N–H and O–H groups in total. The first kappa shape index (κ1) is 14.7. The standard InChI is InChI=1S/C11H15N5O2S2/c1-3-9-7(2)19-11(14-9)16-20(17,18)8-4-5-13-10(6-8)15-12/h4-6H,3,12H2,1-2H3,(H,13,15)(H,14,16). The molecular weight excluding hydrogens is 298 g/mol. The van der Waals surface area contributed by atoms with Crippen molar-refractivity contribution >= 4 is 32.3 Å². The van der Waals surface area contributed by atoms with Crippen molar-refractivity contribution in [3.63, 3.8) is 0 Å². The molecule has 0 bridgehead atoms. The van der Waals surface area contributed by atoms with Crippen LogP contribution >= 0.6 is 11.3 Å². The number of anilines is 2. The molecule has 2 aromatic heterocycles. The molecule has 0 radical (unpaired) electrons. The van der Waals surface area contributed by atoms with Gasteiger partial charge in [0.15, 0.2) is 5.13 Å². The number of nitrogen functional groups attached to an aromatic ring is 1. The topological polar surface area (TPSA) is 110 Å². The molecule has 0 aliphatic rings. The van der Waals surface area contributed by atoms with Gasteiger partial charge in [0, 0.05) is 17.1 Å². The first-order valence-corrected chi connectivity index (χ1v) is 8.18. The van der Waals surface area contributed by atoms with Crippen molar-refractivity contribution < 1.29 is 8.42 Å². The van der Waals surface area contributed by atoms with Gasteiger partial charge < -0.3 is 5.43 Å². The minimum Gasteiger partial charge on any atom is -0.308 e. The quantitative estimate of drug-likeness (QED) is 0.570. The first-order valence-electron chi connectivity index (χ1n) is 5.88. The second-order valence-electron chi connectivity index (χ2n) is 4.00. The van der Waals surface area contributed by atoms with Crippen LogP contribution < -0.4 is 16.0 Å². The van der Waals surface area contributed by atoms with Crippen molar-refractivity contribution in [1.82, 2.24) is 9.97 Å². The summed E-state index contributed by atoms with van der Waals surface area (Å²) in [6.45, 7) is 3.89. The molecule has 0 aliphatic carbocycles. The molecule has 2 aromatic rings. The SMILES string of the molecule is CCc1nc(NS(=O)(=O)c2ccnc(NN)c2)sc1C. The maximum Gasteiger partial charge on any atom is 0.263 e. The number of pyridine rings is 1. The van der Waals surface area contributed by atoms with Gasteiger partial charge >= 0.3 is 0 Å². The van der Waals surface area contributed by atoms with Crippen LogP contribution in [0.4, 0.5) is 10.9 Å². The molecule has 2 heterocycles. The fraction of sp³-hybridized carbons (Fsp3) is 0.273. The molecule has 9 heteroatoms. The minimum absolute atomic E-state index is 0.0753. The van der Waals surface area contributed by atoms with E-state index in [9.17, 15) is 8.42 Å². The molecule has 108 valence electrons. The number of hydrogen-bond donors (Lipinski definition) is 3. The van der Waals surface area contributed by atoms with E-state index in [1.165, 1.54) is 29.7 Å². The second-order valence-corrected chi connectivity index (χ2v) is 6.89.